The molecule has 2 aromatic rings. The van der Waals surface area contributed by atoms with E-state index in [0.29, 0.717) is 29.7 Å². The number of halogens is 1. The van der Waals surface area contributed by atoms with Crippen molar-refractivity contribution in [2.45, 2.75) is 19.5 Å². The summed E-state index contributed by atoms with van der Waals surface area (Å²) in [5, 5.41) is 14.7. The SMILES string of the molecule is COc1ccc(-c2ccc(CN3CCN[C@H](C)C3)o2)c([N+](=O)[O-])c1.Cl. The Morgan fingerprint density at radius 1 is 1.40 bits per heavy atom. The normalized spacial score (nSPS) is 17.8. The Hall–Kier alpha value is -2.09. The number of hydrogen-bond donors (Lipinski definition) is 1. The maximum Gasteiger partial charge on any atom is 0.284 e. The van der Waals surface area contributed by atoms with Crippen molar-refractivity contribution in [1.82, 2.24) is 10.2 Å². The summed E-state index contributed by atoms with van der Waals surface area (Å²) in [6.07, 6.45) is 0. The van der Waals surface area contributed by atoms with Crippen molar-refractivity contribution >= 4 is 18.1 Å². The van der Waals surface area contributed by atoms with Gasteiger partial charge in [-0.1, -0.05) is 0 Å². The number of benzene rings is 1. The number of methoxy groups -OCH3 is 1. The van der Waals surface area contributed by atoms with E-state index in [2.05, 4.69) is 17.1 Å². The van der Waals surface area contributed by atoms with Crippen molar-refractivity contribution in [2.75, 3.05) is 26.7 Å². The van der Waals surface area contributed by atoms with Gasteiger partial charge in [0.1, 0.15) is 17.3 Å². The number of nitrogens with zero attached hydrogens (tertiary/aromatic N) is 2. The van der Waals surface area contributed by atoms with Gasteiger partial charge in [-0.3, -0.25) is 15.0 Å². The van der Waals surface area contributed by atoms with Crippen LogP contribution < -0.4 is 10.1 Å². The highest BCUT2D eigenvalue weighted by atomic mass is 35.5. The minimum absolute atomic E-state index is 0. The van der Waals surface area contributed by atoms with Crippen molar-refractivity contribution in [3.8, 4) is 17.1 Å². The second-order valence-corrected chi connectivity index (χ2v) is 6.00. The predicted molar refractivity (Wildman–Crippen MR) is 97.3 cm³/mol. The smallest absolute Gasteiger partial charge is 0.284 e. The van der Waals surface area contributed by atoms with Crippen molar-refractivity contribution in [3.63, 3.8) is 0 Å². The maximum atomic E-state index is 11.3. The lowest BCUT2D eigenvalue weighted by atomic mass is 10.1. The van der Waals surface area contributed by atoms with Crippen LogP contribution in [0.4, 0.5) is 5.69 Å². The molecule has 8 heteroatoms. The Balaban J connectivity index is 0.00000225. The summed E-state index contributed by atoms with van der Waals surface area (Å²) in [4.78, 5) is 13.2. The average molecular weight is 368 g/mol. The lowest BCUT2D eigenvalue weighted by molar-refractivity contribution is -0.384. The fourth-order valence-corrected chi connectivity index (χ4v) is 2.98. The Bertz CT molecular complexity index is 734. The number of rotatable bonds is 5. The van der Waals surface area contributed by atoms with Gasteiger partial charge in [-0.2, -0.15) is 0 Å². The molecule has 1 aliphatic heterocycles. The number of nitro benzene ring substituents is 1. The van der Waals surface area contributed by atoms with E-state index in [4.69, 9.17) is 9.15 Å². The molecule has 1 N–H and O–H groups in total. The highest BCUT2D eigenvalue weighted by Gasteiger charge is 2.21. The lowest BCUT2D eigenvalue weighted by Crippen LogP contribution is -2.48. The summed E-state index contributed by atoms with van der Waals surface area (Å²) in [5.74, 6) is 1.76. The summed E-state index contributed by atoms with van der Waals surface area (Å²) < 4.78 is 10.9. The lowest BCUT2D eigenvalue weighted by Gasteiger charge is -2.31. The molecule has 2 heterocycles. The van der Waals surface area contributed by atoms with Crippen molar-refractivity contribution in [1.29, 1.82) is 0 Å². The van der Waals surface area contributed by atoms with E-state index in [1.54, 1.807) is 18.2 Å². The molecule has 0 radical (unpaired) electrons. The van der Waals surface area contributed by atoms with E-state index < -0.39 is 4.92 Å². The quantitative estimate of drug-likeness (QED) is 0.646. The number of nitro groups is 1. The zero-order valence-electron chi connectivity index (χ0n) is 14.2. The second kappa shape index (κ2) is 8.33. The van der Waals surface area contributed by atoms with Gasteiger partial charge in [-0.25, -0.2) is 0 Å². The van der Waals surface area contributed by atoms with Crippen LogP contribution in [0.5, 0.6) is 5.75 Å². The van der Waals surface area contributed by atoms with Gasteiger partial charge in [0.2, 0.25) is 0 Å². The summed E-state index contributed by atoms with van der Waals surface area (Å²) >= 11 is 0. The van der Waals surface area contributed by atoms with Crippen LogP contribution in [0.25, 0.3) is 11.3 Å². The summed E-state index contributed by atoms with van der Waals surface area (Å²) in [5.41, 5.74) is 0.437. The molecular formula is C17H22ClN3O4. The molecule has 1 aromatic carbocycles. The first-order valence-corrected chi connectivity index (χ1v) is 7.94. The maximum absolute atomic E-state index is 11.3. The number of furan rings is 1. The van der Waals surface area contributed by atoms with Crippen LogP contribution in [-0.4, -0.2) is 42.6 Å². The van der Waals surface area contributed by atoms with E-state index in [9.17, 15) is 10.1 Å². The minimum Gasteiger partial charge on any atom is -0.497 e. The van der Waals surface area contributed by atoms with Gasteiger partial charge in [0.05, 0.1) is 30.2 Å². The zero-order valence-corrected chi connectivity index (χ0v) is 15.0. The van der Waals surface area contributed by atoms with Crippen LogP contribution in [-0.2, 0) is 6.54 Å². The first kappa shape index (κ1) is 19.2. The average Bonchev–Trinajstić information content (AvgIpc) is 3.02. The molecule has 3 rings (SSSR count). The van der Waals surface area contributed by atoms with Crippen molar-refractivity contribution < 1.29 is 14.1 Å². The molecule has 25 heavy (non-hydrogen) atoms. The number of piperazine rings is 1. The molecule has 0 amide bonds. The van der Waals surface area contributed by atoms with Gasteiger partial charge < -0.3 is 14.5 Å². The monoisotopic (exact) mass is 367 g/mol. The predicted octanol–water partition coefficient (Wildman–Crippen LogP) is 3.08. The molecule has 0 spiro atoms. The van der Waals surface area contributed by atoms with Crippen LogP contribution >= 0.6 is 12.4 Å². The van der Waals surface area contributed by atoms with Gasteiger partial charge in [0, 0.05) is 25.7 Å². The van der Waals surface area contributed by atoms with E-state index in [0.717, 1.165) is 25.4 Å². The van der Waals surface area contributed by atoms with E-state index in [1.165, 1.54) is 13.2 Å². The molecule has 1 aromatic heterocycles. The van der Waals surface area contributed by atoms with Gasteiger partial charge in [-0.15, -0.1) is 12.4 Å². The highest BCUT2D eigenvalue weighted by Crippen LogP contribution is 2.34. The summed E-state index contributed by atoms with van der Waals surface area (Å²) in [6.45, 7) is 5.73. The standard InChI is InChI=1S/C17H21N3O4.ClH/c1-12-10-19(8-7-18-12)11-14-4-6-17(24-14)15-5-3-13(23-2)9-16(15)20(21)22;/h3-6,9,12,18H,7-8,10-11H2,1-2H3;1H/t12-;/m1./s1. The Morgan fingerprint density at radius 2 is 2.20 bits per heavy atom. The summed E-state index contributed by atoms with van der Waals surface area (Å²) in [7, 11) is 1.48. The third kappa shape index (κ3) is 4.50. The molecule has 1 saturated heterocycles. The summed E-state index contributed by atoms with van der Waals surface area (Å²) in [6, 6.07) is 8.90. The third-order valence-corrected chi connectivity index (χ3v) is 4.16. The van der Waals surface area contributed by atoms with Crippen LogP contribution in [0.2, 0.25) is 0 Å². The first-order valence-electron chi connectivity index (χ1n) is 7.94. The van der Waals surface area contributed by atoms with Crippen LogP contribution in [0.3, 0.4) is 0 Å². The minimum atomic E-state index is -0.419. The van der Waals surface area contributed by atoms with Gasteiger partial charge >= 0.3 is 0 Å². The first-order chi connectivity index (χ1) is 11.6. The highest BCUT2D eigenvalue weighted by molar-refractivity contribution is 5.85. The Morgan fingerprint density at radius 3 is 2.88 bits per heavy atom. The third-order valence-electron chi connectivity index (χ3n) is 4.16. The molecule has 1 atom stereocenters. The van der Waals surface area contributed by atoms with E-state index in [-0.39, 0.29) is 18.1 Å². The molecule has 0 saturated carbocycles. The fourth-order valence-electron chi connectivity index (χ4n) is 2.98. The van der Waals surface area contributed by atoms with Crippen LogP contribution in [0.15, 0.2) is 34.7 Å². The van der Waals surface area contributed by atoms with Crippen LogP contribution in [0, 0.1) is 10.1 Å². The largest absolute Gasteiger partial charge is 0.497 e. The number of ether oxygens (including phenoxy) is 1. The Labute approximate surface area is 152 Å². The molecule has 136 valence electrons. The molecular weight excluding hydrogens is 346 g/mol. The van der Waals surface area contributed by atoms with Crippen LogP contribution in [0.1, 0.15) is 12.7 Å². The van der Waals surface area contributed by atoms with E-state index >= 15 is 0 Å². The molecule has 1 fully saturated rings. The topological polar surface area (TPSA) is 80.8 Å². The van der Waals surface area contributed by atoms with Crippen molar-refractivity contribution in [3.05, 3.63) is 46.2 Å². The molecule has 0 unspecified atom stereocenters. The second-order valence-electron chi connectivity index (χ2n) is 6.00. The molecule has 1 aliphatic rings. The molecule has 0 aliphatic carbocycles. The Kier molecular flexibility index (Phi) is 6.41. The number of nitrogens with one attached hydrogen (secondary N) is 1. The van der Waals surface area contributed by atoms with Crippen molar-refractivity contribution in [2.24, 2.45) is 0 Å². The number of hydrogen-bond acceptors (Lipinski definition) is 6. The van der Waals surface area contributed by atoms with Gasteiger partial charge in [0.25, 0.3) is 5.69 Å². The van der Waals surface area contributed by atoms with Gasteiger partial charge in [0.15, 0.2) is 0 Å². The van der Waals surface area contributed by atoms with Gasteiger partial charge in [-0.05, 0) is 31.2 Å². The fraction of sp³-hybridized carbons (Fsp3) is 0.412. The zero-order chi connectivity index (χ0) is 17.1. The molecule has 0 bridgehead atoms. The van der Waals surface area contributed by atoms with E-state index in [1.807, 2.05) is 6.07 Å². The molecule has 7 nitrogen and oxygen atoms in total.